The quantitative estimate of drug-likeness (QED) is 0.370. The molecule has 0 aliphatic carbocycles. The van der Waals surface area contributed by atoms with Crippen molar-refractivity contribution in [2.75, 3.05) is 7.11 Å². The largest absolute Gasteiger partial charge is 0.496 e. The Labute approximate surface area is 123 Å². The van der Waals surface area contributed by atoms with Gasteiger partial charge in [-0.3, -0.25) is 0 Å². The summed E-state index contributed by atoms with van der Waals surface area (Å²) in [5.74, 6) is 1.74. The van der Waals surface area contributed by atoms with Gasteiger partial charge in [0.2, 0.25) is 0 Å². The number of hydrogen-bond donors (Lipinski definition) is 2. The second-order valence-corrected chi connectivity index (χ2v) is 4.51. The van der Waals surface area contributed by atoms with Crippen LogP contribution in [0.3, 0.4) is 0 Å². The number of rotatable bonds is 6. The summed E-state index contributed by atoms with van der Waals surface area (Å²) in [7, 11) is 1.64. The predicted octanol–water partition coefficient (Wildman–Crippen LogP) is 2.56. The van der Waals surface area contributed by atoms with Crippen molar-refractivity contribution in [2.45, 2.75) is 13.0 Å². The fraction of sp³-hybridized carbons (Fsp3) is 0.188. The molecule has 0 fully saturated rings. The molecule has 2 aromatic carbocycles. The number of amidine groups is 1. The Kier molecular flexibility index (Phi) is 5.04. The molecule has 2 rings (SSSR count). The highest BCUT2D eigenvalue weighted by molar-refractivity contribution is 5.82. The van der Waals surface area contributed by atoms with Crippen LogP contribution in [-0.4, -0.2) is 18.2 Å². The molecule has 0 saturated carbocycles. The first-order chi connectivity index (χ1) is 10.2. The maximum absolute atomic E-state index is 8.54. The predicted molar refractivity (Wildman–Crippen MR) is 80.9 cm³/mol. The Balaban J connectivity index is 1.97. The highest BCUT2D eigenvalue weighted by atomic mass is 16.5. The molecule has 0 saturated heterocycles. The molecule has 2 aromatic rings. The zero-order valence-corrected chi connectivity index (χ0v) is 11.8. The van der Waals surface area contributed by atoms with Crippen molar-refractivity contribution < 1.29 is 14.7 Å². The van der Waals surface area contributed by atoms with Gasteiger partial charge < -0.3 is 20.4 Å². The van der Waals surface area contributed by atoms with Crippen molar-refractivity contribution in [3.63, 3.8) is 0 Å². The minimum atomic E-state index is 0.178. The zero-order valence-electron chi connectivity index (χ0n) is 11.8. The van der Waals surface area contributed by atoms with E-state index in [1.54, 1.807) is 7.11 Å². The summed E-state index contributed by atoms with van der Waals surface area (Å²) in [6, 6.07) is 15.2. The zero-order chi connectivity index (χ0) is 15.1. The first-order valence-electron chi connectivity index (χ1n) is 6.53. The van der Waals surface area contributed by atoms with E-state index in [4.69, 9.17) is 20.4 Å². The average Bonchev–Trinajstić information content (AvgIpc) is 2.54. The molecule has 0 aliphatic heterocycles. The third kappa shape index (κ3) is 4.14. The summed E-state index contributed by atoms with van der Waals surface area (Å²) in [5.41, 5.74) is 7.40. The third-order valence-corrected chi connectivity index (χ3v) is 3.02. The lowest BCUT2D eigenvalue weighted by molar-refractivity contribution is 0.296. The van der Waals surface area contributed by atoms with Crippen LogP contribution in [-0.2, 0) is 13.0 Å². The minimum absolute atomic E-state index is 0.178. The number of oxime groups is 1. The lowest BCUT2D eigenvalue weighted by Gasteiger charge is -2.10. The Morgan fingerprint density at radius 2 is 1.86 bits per heavy atom. The van der Waals surface area contributed by atoms with Crippen molar-refractivity contribution in [2.24, 2.45) is 10.9 Å². The number of hydrogen-bond acceptors (Lipinski definition) is 4. The number of para-hydroxylation sites is 1. The molecule has 0 atom stereocenters. The van der Waals surface area contributed by atoms with Gasteiger partial charge in [0, 0.05) is 12.0 Å². The molecule has 21 heavy (non-hydrogen) atoms. The summed E-state index contributed by atoms with van der Waals surface area (Å²) >= 11 is 0. The van der Waals surface area contributed by atoms with Gasteiger partial charge in [-0.05, 0) is 23.8 Å². The summed E-state index contributed by atoms with van der Waals surface area (Å²) in [6.07, 6.45) is 0.406. The van der Waals surface area contributed by atoms with Crippen LogP contribution in [0, 0.1) is 0 Å². The molecule has 0 bridgehead atoms. The number of ether oxygens (including phenoxy) is 2. The maximum atomic E-state index is 8.54. The minimum Gasteiger partial charge on any atom is -0.496 e. The van der Waals surface area contributed by atoms with E-state index in [1.807, 2.05) is 48.5 Å². The van der Waals surface area contributed by atoms with E-state index in [9.17, 15) is 0 Å². The van der Waals surface area contributed by atoms with Crippen LogP contribution in [0.1, 0.15) is 11.1 Å². The molecule has 0 unspecified atom stereocenters. The van der Waals surface area contributed by atoms with Crippen molar-refractivity contribution in [1.29, 1.82) is 0 Å². The summed E-state index contributed by atoms with van der Waals surface area (Å²) < 4.78 is 11.0. The molecule has 5 nitrogen and oxygen atoms in total. The van der Waals surface area contributed by atoms with Gasteiger partial charge in [-0.2, -0.15) is 0 Å². The van der Waals surface area contributed by atoms with Crippen molar-refractivity contribution >= 4 is 5.84 Å². The lowest BCUT2D eigenvalue weighted by Crippen LogP contribution is -2.14. The Bertz CT molecular complexity index is 609. The summed E-state index contributed by atoms with van der Waals surface area (Å²) in [6.45, 7) is 0.434. The van der Waals surface area contributed by atoms with Crippen LogP contribution in [0.4, 0.5) is 0 Å². The van der Waals surface area contributed by atoms with Gasteiger partial charge in [-0.15, -0.1) is 0 Å². The molecule has 0 spiro atoms. The first-order valence-corrected chi connectivity index (χ1v) is 6.53. The lowest BCUT2D eigenvalue weighted by atomic mass is 10.1. The van der Waals surface area contributed by atoms with Crippen LogP contribution in [0.15, 0.2) is 53.7 Å². The van der Waals surface area contributed by atoms with Crippen LogP contribution >= 0.6 is 0 Å². The van der Waals surface area contributed by atoms with Crippen molar-refractivity contribution in [3.05, 3.63) is 59.7 Å². The highest BCUT2D eigenvalue weighted by Gasteiger charge is 2.03. The average molecular weight is 286 g/mol. The van der Waals surface area contributed by atoms with Gasteiger partial charge >= 0.3 is 0 Å². The van der Waals surface area contributed by atoms with Crippen LogP contribution in [0.5, 0.6) is 11.5 Å². The van der Waals surface area contributed by atoms with E-state index < -0.39 is 0 Å². The molecule has 0 radical (unpaired) electrons. The van der Waals surface area contributed by atoms with Gasteiger partial charge in [0.15, 0.2) is 0 Å². The van der Waals surface area contributed by atoms with E-state index in [-0.39, 0.29) is 5.84 Å². The SMILES string of the molecule is COc1ccccc1COc1ccc(CC(N)=NO)cc1. The van der Waals surface area contributed by atoms with Crippen molar-refractivity contribution in [1.82, 2.24) is 0 Å². The molecule has 0 amide bonds. The van der Waals surface area contributed by atoms with Gasteiger partial charge in [0.1, 0.15) is 23.9 Å². The molecule has 0 aromatic heterocycles. The van der Waals surface area contributed by atoms with Crippen LogP contribution < -0.4 is 15.2 Å². The molecule has 5 heteroatoms. The number of nitrogens with zero attached hydrogens (tertiary/aromatic N) is 1. The second kappa shape index (κ2) is 7.19. The molecule has 3 N–H and O–H groups in total. The topological polar surface area (TPSA) is 77.1 Å². The molecule has 0 aliphatic rings. The van der Waals surface area contributed by atoms with E-state index in [0.717, 1.165) is 22.6 Å². The van der Waals surface area contributed by atoms with Crippen LogP contribution in [0.25, 0.3) is 0 Å². The Morgan fingerprint density at radius 1 is 1.14 bits per heavy atom. The molecular formula is C16H18N2O3. The van der Waals surface area contributed by atoms with Gasteiger partial charge in [-0.25, -0.2) is 0 Å². The van der Waals surface area contributed by atoms with E-state index in [2.05, 4.69) is 5.16 Å². The van der Waals surface area contributed by atoms with E-state index >= 15 is 0 Å². The molecule has 0 heterocycles. The second-order valence-electron chi connectivity index (χ2n) is 4.51. The summed E-state index contributed by atoms with van der Waals surface area (Å²) in [5, 5.41) is 11.5. The van der Waals surface area contributed by atoms with E-state index in [0.29, 0.717) is 13.0 Å². The van der Waals surface area contributed by atoms with Gasteiger partial charge in [0.05, 0.1) is 7.11 Å². The molecular weight excluding hydrogens is 268 g/mol. The van der Waals surface area contributed by atoms with Crippen LogP contribution in [0.2, 0.25) is 0 Å². The van der Waals surface area contributed by atoms with E-state index in [1.165, 1.54) is 0 Å². The third-order valence-electron chi connectivity index (χ3n) is 3.02. The normalized spacial score (nSPS) is 11.2. The Morgan fingerprint density at radius 3 is 2.52 bits per heavy atom. The van der Waals surface area contributed by atoms with Crippen molar-refractivity contribution in [3.8, 4) is 11.5 Å². The van der Waals surface area contributed by atoms with Gasteiger partial charge in [0.25, 0.3) is 0 Å². The maximum Gasteiger partial charge on any atom is 0.143 e. The first kappa shape index (κ1) is 14.7. The number of benzene rings is 2. The fourth-order valence-corrected chi connectivity index (χ4v) is 1.93. The highest BCUT2D eigenvalue weighted by Crippen LogP contribution is 2.20. The number of methoxy groups -OCH3 is 1. The summed E-state index contributed by atoms with van der Waals surface area (Å²) in [4.78, 5) is 0. The number of nitrogens with two attached hydrogens (primary N) is 1. The molecule has 110 valence electrons. The fourth-order valence-electron chi connectivity index (χ4n) is 1.93. The van der Waals surface area contributed by atoms with Gasteiger partial charge in [-0.1, -0.05) is 35.5 Å². The Hall–Kier alpha value is -2.69. The monoisotopic (exact) mass is 286 g/mol. The smallest absolute Gasteiger partial charge is 0.143 e. The standard InChI is InChI=1S/C16H18N2O3/c1-20-15-5-3-2-4-13(15)11-21-14-8-6-12(7-9-14)10-16(17)18-19/h2-9,19H,10-11H2,1H3,(H2,17,18).